The molecule has 0 aliphatic heterocycles. The molecule has 0 radical (unpaired) electrons. The highest BCUT2D eigenvalue weighted by Gasteiger charge is 2.18. The molecule has 5 heteroatoms. The minimum atomic E-state index is 0.189. The fraction of sp³-hybridized carbons (Fsp3) is 0.714. The van der Waals surface area contributed by atoms with E-state index in [0.29, 0.717) is 30.5 Å². The molecule has 4 nitrogen and oxygen atoms in total. The van der Waals surface area contributed by atoms with Crippen molar-refractivity contribution in [1.82, 2.24) is 9.78 Å². The van der Waals surface area contributed by atoms with Crippen LogP contribution in [0.3, 0.4) is 0 Å². The number of nitrogens with two attached hydrogens (primary N) is 1. The van der Waals surface area contributed by atoms with Crippen LogP contribution in [0.1, 0.15) is 37.9 Å². The van der Waals surface area contributed by atoms with E-state index in [-0.39, 0.29) is 11.7 Å². The third-order valence-corrected chi connectivity index (χ3v) is 3.77. The minimum absolute atomic E-state index is 0.189. The molecule has 19 heavy (non-hydrogen) atoms. The summed E-state index contributed by atoms with van der Waals surface area (Å²) in [4.78, 5) is 12.1. The van der Waals surface area contributed by atoms with E-state index in [0.717, 1.165) is 17.7 Å². The van der Waals surface area contributed by atoms with E-state index < -0.39 is 0 Å². The Kier molecular flexibility index (Phi) is 6.01. The smallest absolute Gasteiger partial charge is 0.137 e. The van der Waals surface area contributed by atoms with Crippen LogP contribution in [0.25, 0.3) is 0 Å². The van der Waals surface area contributed by atoms with Crippen molar-refractivity contribution >= 4 is 17.4 Å². The first kappa shape index (κ1) is 16.2. The van der Waals surface area contributed by atoms with Crippen molar-refractivity contribution in [3.05, 3.63) is 16.4 Å². The number of hydrogen-bond acceptors (Lipinski definition) is 3. The number of aryl methyl sites for hydroxylation is 2. The van der Waals surface area contributed by atoms with Crippen LogP contribution in [0.15, 0.2) is 0 Å². The average Bonchev–Trinajstić information content (AvgIpc) is 2.54. The first-order chi connectivity index (χ1) is 8.85. The largest absolute Gasteiger partial charge is 0.330 e. The molecule has 0 amide bonds. The summed E-state index contributed by atoms with van der Waals surface area (Å²) >= 11 is 6.14. The average molecular weight is 286 g/mol. The number of carbonyl (C=O) groups is 1. The topological polar surface area (TPSA) is 60.9 Å². The molecule has 1 atom stereocenters. The maximum absolute atomic E-state index is 12.1. The second-order valence-corrected chi connectivity index (χ2v) is 5.99. The molecule has 1 unspecified atom stereocenters. The van der Waals surface area contributed by atoms with Gasteiger partial charge in [0.05, 0.1) is 5.69 Å². The molecule has 1 rings (SSSR count). The summed E-state index contributed by atoms with van der Waals surface area (Å²) in [6, 6.07) is 0. The van der Waals surface area contributed by atoms with Crippen molar-refractivity contribution < 1.29 is 4.79 Å². The van der Waals surface area contributed by atoms with Crippen molar-refractivity contribution in [2.75, 3.05) is 6.54 Å². The van der Waals surface area contributed by atoms with Crippen LogP contribution in [0.4, 0.5) is 0 Å². The quantitative estimate of drug-likeness (QED) is 0.837. The normalized spacial score (nSPS) is 13.0. The monoisotopic (exact) mass is 285 g/mol. The van der Waals surface area contributed by atoms with Gasteiger partial charge in [0.1, 0.15) is 10.9 Å². The zero-order chi connectivity index (χ0) is 14.6. The van der Waals surface area contributed by atoms with E-state index >= 15 is 0 Å². The van der Waals surface area contributed by atoms with Gasteiger partial charge in [0.2, 0.25) is 0 Å². The van der Waals surface area contributed by atoms with Crippen molar-refractivity contribution in [3.63, 3.8) is 0 Å². The Bertz CT molecular complexity index is 440. The number of aromatic nitrogens is 2. The summed E-state index contributed by atoms with van der Waals surface area (Å²) in [6.07, 6.45) is 1.87. The Hall–Kier alpha value is -0.870. The fourth-order valence-corrected chi connectivity index (χ4v) is 2.64. The highest BCUT2D eigenvalue weighted by molar-refractivity contribution is 6.30. The van der Waals surface area contributed by atoms with Gasteiger partial charge in [0, 0.05) is 25.5 Å². The zero-order valence-electron chi connectivity index (χ0n) is 12.2. The molecule has 2 N–H and O–H groups in total. The number of halogens is 1. The predicted molar refractivity (Wildman–Crippen MR) is 78.3 cm³/mol. The molecule has 0 aliphatic rings. The van der Waals surface area contributed by atoms with E-state index in [1.165, 1.54) is 0 Å². The molecule has 0 aromatic carbocycles. The van der Waals surface area contributed by atoms with Gasteiger partial charge in [-0.2, -0.15) is 5.10 Å². The van der Waals surface area contributed by atoms with Crippen molar-refractivity contribution in [1.29, 1.82) is 0 Å². The van der Waals surface area contributed by atoms with Crippen molar-refractivity contribution in [3.8, 4) is 0 Å². The van der Waals surface area contributed by atoms with Gasteiger partial charge >= 0.3 is 0 Å². The number of nitrogens with zero attached hydrogens (tertiary/aromatic N) is 2. The molecule has 108 valence electrons. The number of hydrogen-bond donors (Lipinski definition) is 1. The van der Waals surface area contributed by atoms with Crippen LogP contribution in [0.5, 0.6) is 0 Å². The van der Waals surface area contributed by atoms with Gasteiger partial charge in [-0.05, 0) is 31.7 Å². The van der Waals surface area contributed by atoms with E-state index in [4.69, 9.17) is 17.3 Å². The highest BCUT2D eigenvalue weighted by Crippen LogP contribution is 2.21. The van der Waals surface area contributed by atoms with Gasteiger partial charge in [-0.25, -0.2) is 0 Å². The van der Waals surface area contributed by atoms with E-state index in [1.807, 2.05) is 6.92 Å². The third-order valence-electron chi connectivity index (χ3n) is 3.30. The van der Waals surface area contributed by atoms with Gasteiger partial charge in [0.25, 0.3) is 0 Å². The molecule has 0 saturated carbocycles. The van der Waals surface area contributed by atoms with Crippen LogP contribution in [-0.4, -0.2) is 22.1 Å². The van der Waals surface area contributed by atoms with Gasteiger partial charge < -0.3 is 5.73 Å². The van der Waals surface area contributed by atoms with E-state index in [9.17, 15) is 4.79 Å². The van der Waals surface area contributed by atoms with Crippen LogP contribution in [0, 0.1) is 18.8 Å². The number of Topliss-reactive ketones (excluding diaryl/α,β-unsaturated/α-hetero) is 1. The molecule has 1 heterocycles. The number of rotatable bonds is 7. The fourth-order valence-electron chi connectivity index (χ4n) is 2.40. The molecule has 1 aromatic heterocycles. The lowest BCUT2D eigenvalue weighted by Crippen LogP contribution is -2.21. The first-order valence-corrected chi connectivity index (χ1v) is 7.12. The molecule has 0 aliphatic carbocycles. The summed E-state index contributed by atoms with van der Waals surface area (Å²) in [5, 5.41) is 4.77. The summed E-state index contributed by atoms with van der Waals surface area (Å²) in [7, 11) is 1.78. The predicted octanol–water partition coefficient (Wildman–Crippen LogP) is 2.50. The molecule has 0 bridgehead atoms. The third kappa shape index (κ3) is 4.62. The number of ketones is 1. The van der Waals surface area contributed by atoms with Crippen LogP contribution < -0.4 is 5.73 Å². The van der Waals surface area contributed by atoms with E-state index in [1.54, 1.807) is 11.7 Å². The summed E-state index contributed by atoms with van der Waals surface area (Å²) < 4.78 is 1.61. The van der Waals surface area contributed by atoms with Gasteiger partial charge in [0.15, 0.2) is 0 Å². The molecule has 0 saturated heterocycles. The Morgan fingerprint density at radius 1 is 1.47 bits per heavy atom. The van der Waals surface area contributed by atoms with Gasteiger partial charge in [-0.3, -0.25) is 9.48 Å². The van der Waals surface area contributed by atoms with Gasteiger partial charge in [-0.15, -0.1) is 0 Å². The van der Waals surface area contributed by atoms with Crippen molar-refractivity contribution in [2.45, 2.75) is 40.0 Å². The molecule has 0 fully saturated rings. The van der Waals surface area contributed by atoms with E-state index in [2.05, 4.69) is 18.9 Å². The summed E-state index contributed by atoms with van der Waals surface area (Å²) in [5.41, 5.74) is 7.40. The Labute approximate surface area is 120 Å². The summed E-state index contributed by atoms with van der Waals surface area (Å²) in [5.74, 6) is 1.02. The molecule has 1 aromatic rings. The molecular formula is C14H24ClN3O. The lowest BCUT2D eigenvalue weighted by atomic mass is 9.91. The van der Waals surface area contributed by atoms with Gasteiger partial charge in [-0.1, -0.05) is 25.4 Å². The maximum Gasteiger partial charge on any atom is 0.137 e. The zero-order valence-corrected chi connectivity index (χ0v) is 13.0. The lowest BCUT2D eigenvalue weighted by Gasteiger charge is -2.16. The first-order valence-electron chi connectivity index (χ1n) is 6.74. The lowest BCUT2D eigenvalue weighted by molar-refractivity contribution is -0.119. The Balaban J connectivity index is 2.64. The van der Waals surface area contributed by atoms with Crippen LogP contribution in [-0.2, 0) is 18.3 Å². The molecular weight excluding hydrogens is 262 g/mol. The SMILES string of the molecule is Cc1nn(C)c(Cl)c1CC(=O)CC(CN)CC(C)C. The second kappa shape index (κ2) is 7.06. The van der Waals surface area contributed by atoms with Crippen molar-refractivity contribution in [2.24, 2.45) is 24.6 Å². The standard InChI is InChI=1S/C14H24ClN3O/c1-9(2)5-11(8-16)6-12(19)7-13-10(3)17-18(4)14(13)15/h9,11H,5-8,16H2,1-4H3. The Morgan fingerprint density at radius 2 is 2.11 bits per heavy atom. The highest BCUT2D eigenvalue weighted by atomic mass is 35.5. The Morgan fingerprint density at radius 3 is 2.53 bits per heavy atom. The second-order valence-electron chi connectivity index (χ2n) is 5.63. The van der Waals surface area contributed by atoms with Crippen LogP contribution >= 0.6 is 11.6 Å². The maximum atomic E-state index is 12.1. The van der Waals surface area contributed by atoms with Crippen LogP contribution in [0.2, 0.25) is 5.15 Å². The minimum Gasteiger partial charge on any atom is -0.330 e. The molecule has 0 spiro atoms. The number of carbonyl (C=O) groups excluding carboxylic acids is 1. The summed E-state index contributed by atoms with van der Waals surface area (Å²) in [6.45, 7) is 6.73.